The molecule has 2 N–H and O–H groups in total. The van der Waals surface area contributed by atoms with Gasteiger partial charge in [0.2, 0.25) is 5.95 Å². The maximum atomic E-state index is 12.1. The van der Waals surface area contributed by atoms with Crippen molar-refractivity contribution in [1.82, 2.24) is 25.5 Å². The van der Waals surface area contributed by atoms with E-state index in [9.17, 15) is 4.79 Å². The molecule has 1 unspecified atom stereocenters. The van der Waals surface area contributed by atoms with Gasteiger partial charge in [0.05, 0.1) is 6.04 Å². The van der Waals surface area contributed by atoms with Crippen molar-refractivity contribution < 1.29 is 4.79 Å². The predicted molar refractivity (Wildman–Crippen MR) is 110 cm³/mol. The minimum atomic E-state index is -0.140. The summed E-state index contributed by atoms with van der Waals surface area (Å²) >= 11 is 3.46. The lowest BCUT2D eigenvalue weighted by atomic mass is 10.1. The SMILES string of the molecule is CC(NC(=O)NCCN1CCN(c2ncccn2)CC1)c1cccc(Br)c1. The monoisotopic (exact) mass is 432 g/mol. The third-order valence-electron chi connectivity index (χ3n) is 4.62. The molecule has 7 nitrogen and oxygen atoms in total. The van der Waals surface area contributed by atoms with E-state index in [1.54, 1.807) is 12.4 Å². The van der Waals surface area contributed by atoms with Crippen molar-refractivity contribution in [2.75, 3.05) is 44.2 Å². The average molecular weight is 433 g/mol. The highest BCUT2D eigenvalue weighted by molar-refractivity contribution is 9.10. The van der Waals surface area contributed by atoms with Gasteiger partial charge in [-0.15, -0.1) is 0 Å². The Morgan fingerprint density at radius 3 is 2.63 bits per heavy atom. The van der Waals surface area contributed by atoms with Crippen LogP contribution in [0.2, 0.25) is 0 Å². The summed E-state index contributed by atoms with van der Waals surface area (Å²) in [6.07, 6.45) is 3.54. The van der Waals surface area contributed by atoms with Crippen LogP contribution >= 0.6 is 15.9 Å². The van der Waals surface area contributed by atoms with Crippen LogP contribution in [-0.2, 0) is 0 Å². The molecule has 0 spiro atoms. The van der Waals surface area contributed by atoms with Gasteiger partial charge in [0, 0.05) is 56.1 Å². The molecule has 1 fully saturated rings. The van der Waals surface area contributed by atoms with Crippen molar-refractivity contribution in [3.8, 4) is 0 Å². The van der Waals surface area contributed by atoms with Gasteiger partial charge >= 0.3 is 6.03 Å². The maximum Gasteiger partial charge on any atom is 0.315 e. The fourth-order valence-electron chi connectivity index (χ4n) is 3.06. The van der Waals surface area contributed by atoms with Crippen LogP contribution < -0.4 is 15.5 Å². The molecule has 1 aliphatic rings. The van der Waals surface area contributed by atoms with Crippen molar-refractivity contribution in [2.24, 2.45) is 0 Å². The molecule has 2 aromatic rings. The fourth-order valence-corrected chi connectivity index (χ4v) is 3.48. The first kappa shape index (κ1) is 19.6. The number of urea groups is 1. The highest BCUT2D eigenvalue weighted by atomic mass is 79.9. The van der Waals surface area contributed by atoms with Crippen LogP contribution in [0.4, 0.5) is 10.7 Å². The molecule has 1 aromatic heterocycles. The summed E-state index contributed by atoms with van der Waals surface area (Å²) in [6.45, 7) is 7.12. The lowest BCUT2D eigenvalue weighted by Crippen LogP contribution is -2.49. The van der Waals surface area contributed by atoms with Gasteiger partial charge in [0.15, 0.2) is 0 Å². The Kier molecular flexibility index (Phi) is 7.00. The van der Waals surface area contributed by atoms with Crippen LogP contribution in [0, 0.1) is 0 Å². The average Bonchev–Trinajstić information content (AvgIpc) is 2.69. The van der Waals surface area contributed by atoms with Gasteiger partial charge in [-0.1, -0.05) is 28.1 Å². The summed E-state index contributed by atoms with van der Waals surface area (Å²) in [6, 6.07) is 9.60. The van der Waals surface area contributed by atoms with E-state index >= 15 is 0 Å². The second kappa shape index (κ2) is 9.66. The summed E-state index contributed by atoms with van der Waals surface area (Å²) in [5, 5.41) is 5.92. The molecule has 1 saturated heterocycles. The normalized spacial score (nSPS) is 16.0. The minimum Gasteiger partial charge on any atom is -0.338 e. The molecule has 27 heavy (non-hydrogen) atoms. The van der Waals surface area contributed by atoms with E-state index in [4.69, 9.17) is 0 Å². The van der Waals surface area contributed by atoms with Crippen LogP contribution in [0.25, 0.3) is 0 Å². The van der Waals surface area contributed by atoms with Gasteiger partial charge in [0.1, 0.15) is 0 Å². The Hall–Kier alpha value is -2.19. The second-order valence-corrected chi connectivity index (χ2v) is 7.47. The highest BCUT2D eigenvalue weighted by Gasteiger charge is 2.18. The number of rotatable bonds is 6. The number of nitrogens with one attached hydrogen (secondary N) is 2. The lowest BCUT2D eigenvalue weighted by Gasteiger charge is -2.34. The predicted octanol–water partition coefficient (Wildman–Crippen LogP) is 2.42. The zero-order chi connectivity index (χ0) is 19.1. The number of carbonyl (C=O) groups excluding carboxylic acids is 1. The third-order valence-corrected chi connectivity index (χ3v) is 5.11. The van der Waals surface area contributed by atoms with Crippen LogP contribution in [-0.4, -0.2) is 60.2 Å². The fraction of sp³-hybridized carbons (Fsp3) is 0.421. The van der Waals surface area contributed by atoms with E-state index in [2.05, 4.69) is 46.3 Å². The van der Waals surface area contributed by atoms with Gasteiger partial charge in [-0.2, -0.15) is 0 Å². The zero-order valence-electron chi connectivity index (χ0n) is 15.4. The number of aromatic nitrogens is 2. The number of halogens is 1. The molecule has 0 saturated carbocycles. The molecule has 3 rings (SSSR count). The summed E-state index contributed by atoms with van der Waals surface area (Å²) in [4.78, 5) is 25.2. The van der Waals surface area contributed by atoms with Gasteiger partial charge < -0.3 is 15.5 Å². The minimum absolute atomic E-state index is 0.0445. The first-order chi connectivity index (χ1) is 13.1. The molecule has 1 aliphatic heterocycles. The van der Waals surface area contributed by atoms with Gasteiger partial charge in [0.25, 0.3) is 0 Å². The number of amides is 2. The molecule has 8 heteroatoms. The van der Waals surface area contributed by atoms with E-state index in [1.807, 2.05) is 37.3 Å². The topological polar surface area (TPSA) is 73.4 Å². The molecule has 0 aliphatic carbocycles. The Labute approximate surface area is 168 Å². The van der Waals surface area contributed by atoms with Crippen LogP contribution in [0.3, 0.4) is 0 Å². The molecule has 0 bridgehead atoms. The zero-order valence-corrected chi connectivity index (χ0v) is 17.0. The number of carbonyl (C=O) groups is 1. The molecule has 2 amide bonds. The largest absolute Gasteiger partial charge is 0.338 e. The number of anilines is 1. The summed E-state index contributed by atoms with van der Waals surface area (Å²) in [7, 11) is 0. The summed E-state index contributed by atoms with van der Waals surface area (Å²) in [5.41, 5.74) is 1.07. The molecule has 0 radical (unpaired) electrons. The van der Waals surface area contributed by atoms with Gasteiger partial charge in [-0.3, -0.25) is 4.90 Å². The Balaban J connectivity index is 1.35. The van der Waals surface area contributed by atoms with Crippen LogP contribution in [0.5, 0.6) is 0 Å². The van der Waals surface area contributed by atoms with Gasteiger partial charge in [-0.05, 0) is 30.7 Å². The first-order valence-corrected chi connectivity index (χ1v) is 9.95. The first-order valence-electron chi connectivity index (χ1n) is 9.16. The molecule has 144 valence electrons. The molecule has 1 aromatic carbocycles. The lowest BCUT2D eigenvalue weighted by molar-refractivity contribution is 0.229. The smallest absolute Gasteiger partial charge is 0.315 e. The Morgan fingerprint density at radius 1 is 1.19 bits per heavy atom. The van der Waals surface area contributed by atoms with Crippen LogP contribution in [0.1, 0.15) is 18.5 Å². The van der Waals surface area contributed by atoms with E-state index in [0.717, 1.165) is 48.7 Å². The van der Waals surface area contributed by atoms with E-state index in [-0.39, 0.29) is 12.1 Å². The molecule has 2 heterocycles. The number of hydrogen-bond donors (Lipinski definition) is 2. The number of benzene rings is 1. The van der Waals surface area contributed by atoms with E-state index < -0.39 is 0 Å². The van der Waals surface area contributed by atoms with E-state index in [0.29, 0.717) is 6.54 Å². The van der Waals surface area contributed by atoms with Crippen LogP contribution in [0.15, 0.2) is 47.2 Å². The maximum absolute atomic E-state index is 12.1. The number of hydrogen-bond acceptors (Lipinski definition) is 5. The van der Waals surface area contributed by atoms with Gasteiger partial charge in [-0.25, -0.2) is 14.8 Å². The van der Waals surface area contributed by atoms with Crippen molar-refractivity contribution in [3.63, 3.8) is 0 Å². The Morgan fingerprint density at radius 2 is 1.93 bits per heavy atom. The van der Waals surface area contributed by atoms with Crippen molar-refractivity contribution in [1.29, 1.82) is 0 Å². The highest BCUT2D eigenvalue weighted by Crippen LogP contribution is 2.17. The number of piperazine rings is 1. The molecular weight excluding hydrogens is 408 g/mol. The summed E-state index contributed by atoms with van der Waals surface area (Å²) < 4.78 is 1.01. The van der Waals surface area contributed by atoms with Crippen molar-refractivity contribution in [2.45, 2.75) is 13.0 Å². The van der Waals surface area contributed by atoms with E-state index in [1.165, 1.54) is 0 Å². The second-order valence-electron chi connectivity index (χ2n) is 6.55. The van der Waals surface area contributed by atoms with Crippen molar-refractivity contribution in [3.05, 3.63) is 52.8 Å². The Bertz CT molecular complexity index is 736. The summed E-state index contributed by atoms with van der Waals surface area (Å²) in [5.74, 6) is 0.788. The standard InChI is InChI=1S/C19H25BrN6O/c1-15(16-4-2-5-17(20)14-16)24-19(27)23-8-9-25-10-12-26(13-11-25)18-21-6-3-7-22-18/h2-7,14-15H,8-13H2,1H3,(H2,23,24,27). The molecule has 1 atom stereocenters. The third kappa shape index (κ3) is 5.90. The quantitative estimate of drug-likeness (QED) is 0.732. The van der Waals surface area contributed by atoms with Crippen molar-refractivity contribution >= 4 is 27.9 Å². The number of nitrogens with zero attached hydrogens (tertiary/aromatic N) is 4. The molecular formula is C19H25BrN6O.